The number of aryl methyl sites for hydroxylation is 1. The van der Waals surface area contributed by atoms with E-state index in [9.17, 15) is 14.4 Å². The van der Waals surface area contributed by atoms with Gasteiger partial charge in [0.2, 0.25) is 17.7 Å². The molecule has 0 radical (unpaired) electrons. The van der Waals surface area contributed by atoms with Gasteiger partial charge in [0.15, 0.2) is 0 Å². The van der Waals surface area contributed by atoms with E-state index < -0.39 is 0 Å². The van der Waals surface area contributed by atoms with Crippen LogP contribution < -0.4 is 5.32 Å². The molecule has 2 heterocycles. The summed E-state index contributed by atoms with van der Waals surface area (Å²) in [7, 11) is 1.59. The number of hydrogen-bond acceptors (Lipinski definition) is 4. The molecule has 0 bridgehead atoms. The molecule has 0 saturated carbocycles. The molecule has 3 amide bonds. The van der Waals surface area contributed by atoms with Crippen molar-refractivity contribution in [3.63, 3.8) is 0 Å². The van der Waals surface area contributed by atoms with Crippen molar-refractivity contribution in [2.75, 3.05) is 46.4 Å². The average Bonchev–Trinajstić information content (AvgIpc) is 3.11. The standard InChI is InChI=1S/C23H33N3O4/c1-17-3-5-18(6-4-17)13-21(27)25-10-7-19(8-11-25)15-26-16-20(14-22(26)28)23(29)24-9-12-30-2/h3-6,19-20H,7-16H2,1-2H3,(H,24,29). The lowest BCUT2D eigenvalue weighted by Gasteiger charge is -2.34. The van der Waals surface area contributed by atoms with E-state index in [0.717, 1.165) is 31.5 Å². The fraction of sp³-hybridized carbons (Fsp3) is 0.609. The van der Waals surface area contributed by atoms with E-state index in [1.807, 2.05) is 41.0 Å². The molecule has 30 heavy (non-hydrogen) atoms. The van der Waals surface area contributed by atoms with E-state index in [0.29, 0.717) is 38.6 Å². The normalized spacial score (nSPS) is 19.9. The van der Waals surface area contributed by atoms with Gasteiger partial charge in [-0.05, 0) is 31.2 Å². The summed E-state index contributed by atoms with van der Waals surface area (Å²) in [6.45, 7) is 5.62. The lowest BCUT2D eigenvalue weighted by molar-refractivity contribution is -0.133. The van der Waals surface area contributed by atoms with E-state index in [4.69, 9.17) is 4.74 Å². The molecule has 0 spiro atoms. The first-order valence-electron chi connectivity index (χ1n) is 10.8. The molecule has 1 atom stereocenters. The fourth-order valence-corrected chi connectivity index (χ4v) is 4.21. The highest BCUT2D eigenvalue weighted by Gasteiger charge is 2.35. The van der Waals surface area contributed by atoms with Crippen LogP contribution in [-0.4, -0.2) is 74.0 Å². The zero-order chi connectivity index (χ0) is 21.5. The number of piperidine rings is 1. The number of ether oxygens (including phenoxy) is 1. The molecule has 1 aromatic rings. The molecule has 1 aromatic carbocycles. The van der Waals surface area contributed by atoms with Crippen LogP contribution in [0.5, 0.6) is 0 Å². The van der Waals surface area contributed by atoms with Crippen molar-refractivity contribution >= 4 is 17.7 Å². The van der Waals surface area contributed by atoms with Crippen molar-refractivity contribution in [3.05, 3.63) is 35.4 Å². The van der Waals surface area contributed by atoms with Crippen LogP contribution in [0.1, 0.15) is 30.4 Å². The maximum atomic E-state index is 12.6. The Morgan fingerprint density at radius 1 is 1.17 bits per heavy atom. The number of nitrogens with zero attached hydrogens (tertiary/aromatic N) is 2. The molecule has 2 aliphatic heterocycles. The van der Waals surface area contributed by atoms with Gasteiger partial charge in [0.1, 0.15) is 0 Å². The van der Waals surface area contributed by atoms with E-state index in [1.54, 1.807) is 7.11 Å². The second kappa shape index (κ2) is 10.6. The summed E-state index contributed by atoms with van der Waals surface area (Å²) in [5, 5.41) is 2.82. The largest absolute Gasteiger partial charge is 0.383 e. The van der Waals surface area contributed by atoms with Gasteiger partial charge in [-0.15, -0.1) is 0 Å². The van der Waals surface area contributed by atoms with E-state index in [1.165, 1.54) is 5.56 Å². The number of amides is 3. The van der Waals surface area contributed by atoms with Crippen molar-refractivity contribution in [1.82, 2.24) is 15.1 Å². The third kappa shape index (κ3) is 6.05. The number of hydrogen-bond donors (Lipinski definition) is 1. The van der Waals surface area contributed by atoms with Crippen LogP contribution in [0.2, 0.25) is 0 Å². The summed E-state index contributed by atoms with van der Waals surface area (Å²) in [5.74, 6) is 0.264. The Hall–Kier alpha value is -2.41. The Kier molecular flexibility index (Phi) is 7.85. The molecule has 2 aliphatic rings. The number of rotatable bonds is 8. The van der Waals surface area contributed by atoms with Crippen LogP contribution in [0.3, 0.4) is 0 Å². The van der Waals surface area contributed by atoms with E-state index >= 15 is 0 Å². The average molecular weight is 416 g/mol. The fourth-order valence-electron chi connectivity index (χ4n) is 4.21. The lowest BCUT2D eigenvalue weighted by Crippen LogP contribution is -2.42. The zero-order valence-corrected chi connectivity index (χ0v) is 18.1. The van der Waals surface area contributed by atoms with E-state index in [-0.39, 0.29) is 30.1 Å². The Labute approximate surface area is 178 Å². The van der Waals surface area contributed by atoms with Crippen LogP contribution in [0.25, 0.3) is 0 Å². The summed E-state index contributed by atoms with van der Waals surface area (Å²) >= 11 is 0. The molecule has 1 unspecified atom stereocenters. The molecular formula is C23H33N3O4. The lowest BCUT2D eigenvalue weighted by atomic mass is 9.95. The molecule has 7 heteroatoms. The van der Waals surface area contributed by atoms with Crippen molar-refractivity contribution in [3.8, 4) is 0 Å². The first-order chi connectivity index (χ1) is 14.5. The van der Waals surface area contributed by atoms with Gasteiger partial charge in [-0.1, -0.05) is 29.8 Å². The van der Waals surface area contributed by atoms with Crippen molar-refractivity contribution in [2.45, 2.75) is 32.6 Å². The zero-order valence-electron chi connectivity index (χ0n) is 18.1. The molecule has 0 aliphatic carbocycles. The Morgan fingerprint density at radius 2 is 1.87 bits per heavy atom. The van der Waals surface area contributed by atoms with Gasteiger partial charge < -0.3 is 19.9 Å². The number of carbonyl (C=O) groups is 3. The van der Waals surface area contributed by atoms with Crippen LogP contribution in [0, 0.1) is 18.8 Å². The number of carbonyl (C=O) groups excluding carboxylic acids is 3. The third-order valence-electron chi connectivity index (χ3n) is 6.11. The van der Waals surface area contributed by atoms with Crippen LogP contribution in [-0.2, 0) is 25.5 Å². The van der Waals surface area contributed by atoms with Crippen molar-refractivity contribution < 1.29 is 19.1 Å². The second-order valence-electron chi connectivity index (χ2n) is 8.47. The SMILES string of the molecule is COCCNC(=O)C1CC(=O)N(CC2CCN(C(=O)Cc3ccc(C)cc3)CC2)C1. The van der Waals surface area contributed by atoms with Gasteiger partial charge in [0, 0.05) is 46.3 Å². The van der Waals surface area contributed by atoms with Gasteiger partial charge in [-0.2, -0.15) is 0 Å². The number of nitrogens with one attached hydrogen (secondary N) is 1. The Morgan fingerprint density at radius 3 is 2.53 bits per heavy atom. The maximum absolute atomic E-state index is 12.6. The summed E-state index contributed by atoms with van der Waals surface area (Å²) < 4.78 is 4.94. The molecule has 0 aromatic heterocycles. The monoisotopic (exact) mass is 415 g/mol. The highest BCUT2D eigenvalue weighted by Crippen LogP contribution is 2.24. The topological polar surface area (TPSA) is 79.0 Å². The highest BCUT2D eigenvalue weighted by atomic mass is 16.5. The van der Waals surface area contributed by atoms with Gasteiger partial charge >= 0.3 is 0 Å². The highest BCUT2D eigenvalue weighted by molar-refractivity contribution is 5.89. The first kappa shape index (κ1) is 22.3. The Balaban J connectivity index is 1.41. The van der Waals surface area contributed by atoms with Crippen LogP contribution in [0.15, 0.2) is 24.3 Å². The minimum atomic E-state index is -0.273. The third-order valence-corrected chi connectivity index (χ3v) is 6.11. The Bertz CT molecular complexity index is 741. The molecule has 3 rings (SSSR count). The van der Waals surface area contributed by atoms with Crippen LogP contribution in [0.4, 0.5) is 0 Å². The minimum absolute atomic E-state index is 0.0553. The van der Waals surface area contributed by atoms with Gasteiger partial charge in [-0.3, -0.25) is 14.4 Å². The predicted octanol–water partition coefficient (Wildman–Crippen LogP) is 1.39. The number of methoxy groups -OCH3 is 1. The second-order valence-corrected chi connectivity index (χ2v) is 8.47. The van der Waals surface area contributed by atoms with Gasteiger partial charge in [0.05, 0.1) is 18.9 Å². The summed E-state index contributed by atoms with van der Waals surface area (Å²) in [5.41, 5.74) is 2.24. The molecule has 1 N–H and O–H groups in total. The summed E-state index contributed by atoms with van der Waals surface area (Å²) in [6, 6.07) is 8.10. The minimum Gasteiger partial charge on any atom is -0.383 e. The van der Waals surface area contributed by atoms with Gasteiger partial charge in [0.25, 0.3) is 0 Å². The molecular weight excluding hydrogens is 382 g/mol. The summed E-state index contributed by atoms with van der Waals surface area (Å²) in [4.78, 5) is 40.9. The quantitative estimate of drug-likeness (QED) is 0.651. The smallest absolute Gasteiger partial charge is 0.226 e. The van der Waals surface area contributed by atoms with Gasteiger partial charge in [-0.25, -0.2) is 0 Å². The van der Waals surface area contributed by atoms with Crippen molar-refractivity contribution in [2.24, 2.45) is 11.8 Å². The van der Waals surface area contributed by atoms with E-state index in [2.05, 4.69) is 5.32 Å². The molecule has 7 nitrogen and oxygen atoms in total. The predicted molar refractivity (Wildman–Crippen MR) is 114 cm³/mol. The summed E-state index contributed by atoms with van der Waals surface area (Å²) in [6.07, 6.45) is 2.52. The number of benzene rings is 1. The maximum Gasteiger partial charge on any atom is 0.226 e. The van der Waals surface area contributed by atoms with Crippen molar-refractivity contribution in [1.29, 1.82) is 0 Å². The molecule has 2 saturated heterocycles. The molecule has 164 valence electrons. The van der Waals surface area contributed by atoms with Crippen LogP contribution >= 0.6 is 0 Å². The first-order valence-corrected chi connectivity index (χ1v) is 10.8. The molecule has 2 fully saturated rings. The number of likely N-dealkylation sites (tertiary alicyclic amines) is 2.